The highest BCUT2D eigenvalue weighted by Gasteiger charge is 2.09. The molecular weight excluding hydrogens is 366 g/mol. The highest BCUT2D eigenvalue weighted by atomic mass is 35.5. The molecule has 3 aromatic rings. The quantitative estimate of drug-likeness (QED) is 0.524. The van der Waals surface area contributed by atoms with E-state index in [1.165, 1.54) is 18.3 Å². The van der Waals surface area contributed by atoms with Gasteiger partial charge in [0.2, 0.25) is 0 Å². The zero-order chi connectivity index (χ0) is 19.1. The van der Waals surface area contributed by atoms with Gasteiger partial charge >= 0.3 is 0 Å². The Kier molecular flexibility index (Phi) is 6.02. The van der Waals surface area contributed by atoms with E-state index in [2.05, 4.69) is 15.8 Å². The lowest BCUT2D eigenvalue weighted by molar-refractivity contribution is 0.0846. The van der Waals surface area contributed by atoms with E-state index in [-0.39, 0.29) is 10.7 Å². The number of hydrazine groups is 1. The van der Waals surface area contributed by atoms with Gasteiger partial charge in [0.15, 0.2) is 0 Å². The number of hydrogen-bond acceptors (Lipinski definition) is 4. The van der Waals surface area contributed by atoms with Gasteiger partial charge in [-0.05, 0) is 42.0 Å². The molecule has 1 heterocycles. The number of benzene rings is 2. The van der Waals surface area contributed by atoms with E-state index in [1.807, 2.05) is 30.3 Å². The van der Waals surface area contributed by atoms with E-state index in [0.717, 1.165) is 11.3 Å². The molecule has 0 radical (unpaired) electrons. The predicted molar refractivity (Wildman–Crippen MR) is 101 cm³/mol. The minimum absolute atomic E-state index is 0.284. The summed E-state index contributed by atoms with van der Waals surface area (Å²) in [6, 6.07) is 19.4. The fourth-order valence-electron chi connectivity index (χ4n) is 2.20. The van der Waals surface area contributed by atoms with Crippen LogP contribution in [0.1, 0.15) is 26.3 Å². The highest BCUT2D eigenvalue weighted by molar-refractivity contribution is 6.29. The molecular formula is C20H16ClN3O3. The molecule has 0 aliphatic carbocycles. The molecule has 0 atom stereocenters. The van der Waals surface area contributed by atoms with Crippen molar-refractivity contribution >= 4 is 23.4 Å². The number of carbonyl (C=O) groups is 2. The summed E-state index contributed by atoms with van der Waals surface area (Å²) in [6.45, 7) is 0.395. The Balaban J connectivity index is 1.51. The van der Waals surface area contributed by atoms with Crippen LogP contribution in [0.3, 0.4) is 0 Å². The number of aromatic nitrogens is 1. The fraction of sp³-hybridized carbons (Fsp3) is 0.0500. The Labute approximate surface area is 161 Å². The number of rotatable bonds is 5. The molecule has 0 saturated carbocycles. The Morgan fingerprint density at radius 2 is 1.48 bits per heavy atom. The number of amides is 2. The van der Waals surface area contributed by atoms with Crippen molar-refractivity contribution in [3.8, 4) is 5.75 Å². The second-order valence-corrected chi connectivity index (χ2v) is 5.96. The monoisotopic (exact) mass is 381 g/mol. The van der Waals surface area contributed by atoms with Crippen LogP contribution in [-0.4, -0.2) is 16.8 Å². The van der Waals surface area contributed by atoms with Gasteiger partial charge in [0, 0.05) is 11.8 Å². The molecule has 7 heteroatoms. The normalized spacial score (nSPS) is 10.1. The summed E-state index contributed by atoms with van der Waals surface area (Å²) < 4.78 is 5.66. The molecule has 0 fully saturated rings. The Hall–Kier alpha value is -3.38. The Morgan fingerprint density at radius 1 is 0.852 bits per heavy atom. The molecule has 2 amide bonds. The van der Waals surface area contributed by atoms with E-state index in [0.29, 0.717) is 12.2 Å². The SMILES string of the molecule is O=C(NNC(=O)c1ccc(Cl)nc1)c1ccc(COc2ccccc2)cc1. The molecule has 0 unspecified atom stereocenters. The van der Waals surface area contributed by atoms with E-state index >= 15 is 0 Å². The van der Waals surface area contributed by atoms with Crippen LogP contribution in [0, 0.1) is 0 Å². The Morgan fingerprint density at radius 3 is 2.11 bits per heavy atom. The number of halogens is 1. The zero-order valence-electron chi connectivity index (χ0n) is 14.2. The van der Waals surface area contributed by atoms with Gasteiger partial charge in [-0.3, -0.25) is 20.4 Å². The van der Waals surface area contributed by atoms with Crippen LogP contribution < -0.4 is 15.6 Å². The highest BCUT2D eigenvalue weighted by Crippen LogP contribution is 2.12. The minimum Gasteiger partial charge on any atom is -0.489 e. The first-order valence-electron chi connectivity index (χ1n) is 8.11. The third-order valence-electron chi connectivity index (χ3n) is 3.64. The standard InChI is InChI=1S/C20H16ClN3O3/c21-18-11-10-16(12-22-18)20(26)24-23-19(25)15-8-6-14(7-9-15)13-27-17-4-2-1-3-5-17/h1-12H,13H2,(H,23,25)(H,24,26). The topological polar surface area (TPSA) is 80.3 Å². The summed E-state index contributed by atoms with van der Waals surface area (Å²) in [4.78, 5) is 27.9. The van der Waals surface area contributed by atoms with Crippen molar-refractivity contribution in [1.29, 1.82) is 0 Å². The third kappa shape index (κ3) is 5.29. The van der Waals surface area contributed by atoms with Gasteiger partial charge in [-0.1, -0.05) is 41.9 Å². The fourth-order valence-corrected chi connectivity index (χ4v) is 2.32. The molecule has 6 nitrogen and oxygen atoms in total. The van der Waals surface area contributed by atoms with Crippen LogP contribution in [0.5, 0.6) is 5.75 Å². The number of nitrogens with one attached hydrogen (secondary N) is 2. The summed E-state index contributed by atoms with van der Waals surface area (Å²) in [5, 5.41) is 0.284. The minimum atomic E-state index is -0.486. The third-order valence-corrected chi connectivity index (χ3v) is 3.87. The van der Waals surface area contributed by atoms with Crippen LogP contribution >= 0.6 is 11.6 Å². The molecule has 0 aliphatic heterocycles. The molecule has 0 saturated heterocycles. The molecule has 1 aromatic heterocycles. The van der Waals surface area contributed by atoms with Gasteiger partial charge in [-0.15, -0.1) is 0 Å². The van der Waals surface area contributed by atoms with Crippen LogP contribution in [0.4, 0.5) is 0 Å². The smallest absolute Gasteiger partial charge is 0.271 e. The first kappa shape index (κ1) is 18.4. The molecule has 3 rings (SSSR count). The van der Waals surface area contributed by atoms with Gasteiger partial charge in [0.1, 0.15) is 17.5 Å². The molecule has 0 aliphatic rings. The maximum atomic E-state index is 12.1. The lowest BCUT2D eigenvalue weighted by Crippen LogP contribution is -2.41. The average molecular weight is 382 g/mol. The number of hydrogen-bond donors (Lipinski definition) is 2. The maximum absolute atomic E-state index is 12.1. The summed E-state index contributed by atoms with van der Waals surface area (Å²) in [6.07, 6.45) is 1.32. The van der Waals surface area contributed by atoms with E-state index in [4.69, 9.17) is 16.3 Å². The molecule has 2 aromatic carbocycles. The molecule has 27 heavy (non-hydrogen) atoms. The van der Waals surface area contributed by atoms with Gasteiger partial charge in [-0.2, -0.15) is 0 Å². The average Bonchev–Trinajstić information content (AvgIpc) is 2.72. The molecule has 0 spiro atoms. The lowest BCUT2D eigenvalue weighted by Gasteiger charge is -2.09. The summed E-state index contributed by atoms with van der Waals surface area (Å²) in [7, 11) is 0. The van der Waals surface area contributed by atoms with Crippen molar-refractivity contribution in [3.63, 3.8) is 0 Å². The first-order valence-corrected chi connectivity index (χ1v) is 8.48. The maximum Gasteiger partial charge on any atom is 0.271 e. The van der Waals surface area contributed by atoms with Crippen molar-refractivity contribution in [2.24, 2.45) is 0 Å². The predicted octanol–water partition coefficient (Wildman–Crippen LogP) is 3.39. The van der Waals surface area contributed by atoms with E-state index in [9.17, 15) is 9.59 Å². The van der Waals surface area contributed by atoms with Gasteiger partial charge in [0.05, 0.1) is 5.56 Å². The van der Waals surface area contributed by atoms with Crippen molar-refractivity contribution in [2.75, 3.05) is 0 Å². The lowest BCUT2D eigenvalue weighted by atomic mass is 10.1. The van der Waals surface area contributed by atoms with Crippen LogP contribution in [0.25, 0.3) is 0 Å². The number of ether oxygens (including phenoxy) is 1. The molecule has 136 valence electrons. The van der Waals surface area contributed by atoms with Crippen molar-refractivity contribution < 1.29 is 14.3 Å². The summed E-state index contributed by atoms with van der Waals surface area (Å²) in [5.74, 6) is -0.139. The second kappa shape index (κ2) is 8.82. The van der Waals surface area contributed by atoms with Gasteiger partial charge < -0.3 is 4.74 Å². The first-order chi connectivity index (χ1) is 13.1. The summed E-state index contributed by atoms with van der Waals surface area (Å²) >= 11 is 5.67. The van der Waals surface area contributed by atoms with Crippen LogP contribution in [-0.2, 0) is 6.61 Å². The number of pyridine rings is 1. The van der Waals surface area contributed by atoms with Crippen LogP contribution in [0.2, 0.25) is 5.15 Å². The second-order valence-electron chi connectivity index (χ2n) is 5.58. The Bertz CT molecular complexity index is 913. The van der Waals surface area contributed by atoms with E-state index in [1.54, 1.807) is 24.3 Å². The number of carbonyl (C=O) groups excluding carboxylic acids is 2. The summed E-state index contributed by atoms with van der Waals surface area (Å²) in [5.41, 5.74) is 6.31. The molecule has 0 bridgehead atoms. The zero-order valence-corrected chi connectivity index (χ0v) is 14.9. The number of nitrogens with zero attached hydrogens (tertiary/aromatic N) is 1. The number of para-hydroxylation sites is 1. The van der Waals surface area contributed by atoms with Crippen molar-refractivity contribution in [3.05, 3.63) is 94.8 Å². The van der Waals surface area contributed by atoms with Gasteiger partial charge in [-0.25, -0.2) is 4.98 Å². The largest absolute Gasteiger partial charge is 0.489 e. The van der Waals surface area contributed by atoms with E-state index < -0.39 is 11.8 Å². The van der Waals surface area contributed by atoms with Crippen molar-refractivity contribution in [1.82, 2.24) is 15.8 Å². The van der Waals surface area contributed by atoms with Crippen molar-refractivity contribution in [2.45, 2.75) is 6.61 Å². The van der Waals surface area contributed by atoms with Gasteiger partial charge in [0.25, 0.3) is 11.8 Å². The van der Waals surface area contributed by atoms with Crippen LogP contribution in [0.15, 0.2) is 72.9 Å². The molecule has 2 N–H and O–H groups in total.